The van der Waals surface area contributed by atoms with E-state index >= 15 is 0 Å². The Morgan fingerprint density at radius 2 is 1.63 bits per heavy atom. The second-order valence-electron chi connectivity index (χ2n) is 19.9. The molecule has 0 bridgehead atoms. The quantitative estimate of drug-likeness (QED) is 0.234. The van der Waals surface area contributed by atoms with E-state index in [1.165, 1.54) is 12.0 Å². The number of hydrogen-bond acceptors (Lipinski definition) is 6. The number of ketones is 1. The highest BCUT2D eigenvalue weighted by Crippen LogP contribution is 2.77. The number of carbonyl (C=O) groups excluding carboxylic acids is 2. The number of allylic oxidation sites excluding steroid dienone is 2. The highest BCUT2D eigenvalue weighted by Gasteiger charge is 2.70. The third-order valence-corrected chi connectivity index (χ3v) is 16.2. The third-order valence-electron chi connectivity index (χ3n) is 16.2. The van der Waals surface area contributed by atoms with E-state index in [0.717, 1.165) is 63.5 Å². The molecular weight excluding hydrogens is 636 g/mol. The fourth-order valence-electron chi connectivity index (χ4n) is 13.2. The number of carboxylic acid groups (broad SMARTS) is 1. The van der Waals surface area contributed by atoms with Gasteiger partial charge in [-0.1, -0.05) is 54.0 Å². The van der Waals surface area contributed by atoms with Crippen molar-refractivity contribution in [2.24, 2.45) is 56.2 Å². The van der Waals surface area contributed by atoms with E-state index in [2.05, 4.69) is 77.8 Å². The smallest absolute Gasteiger partial charge is 0.309 e. The molecule has 0 spiro atoms. The number of nitrogens with one attached hydrogen (secondary N) is 1. The molecule has 0 amide bonds. The number of fused-ring (bicyclic) bond motifs is 7. The van der Waals surface area contributed by atoms with Gasteiger partial charge in [-0.05, 0) is 148 Å². The first kappa shape index (κ1) is 38.2. The Hall–Kier alpha value is -2.54. The molecule has 4 fully saturated rings. The van der Waals surface area contributed by atoms with Crippen molar-refractivity contribution >= 4 is 17.7 Å². The van der Waals surface area contributed by atoms with Crippen molar-refractivity contribution in [3.63, 3.8) is 0 Å². The lowest BCUT2D eigenvalue weighted by molar-refractivity contribution is -0.233. The number of rotatable bonds is 10. The minimum atomic E-state index is -1.15. The van der Waals surface area contributed by atoms with Gasteiger partial charge in [0.15, 0.2) is 5.78 Å². The lowest BCUT2D eigenvalue weighted by Gasteiger charge is -2.72. The van der Waals surface area contributed by atoms with Gasteiger partial charge in [0, 0.05) is 35.7 Å². The van der Waals surface area contributed by atoms with Crippen LogP contribution in [0.25, 0.3) is 0 Å². The molecule has 0 saturated heterocycles. The molecule has 2 unspecified atom stereocenters. The van der Waals surface area contributed by atoms with Gasteiger partial charge >= 0.3 is 11.9 Å². The molecule has 4 saturated carbocycles. The van der Waals surface area contributed by atoms with E-state index in [0.29, 0.717) is 30.0 Å². The average Bonchev–Trinajstić information content (AvgIpc) is 3.35. The van der Waals surface area contributed by atoms with Gasteiger partial charge in [-0.3, -0.25) is 19.4 Å². The van der Waals surface area contributed by atoms with Gasteiger partial charge in [0.25, 0.3) is 0 Å². The monoisotopic (exact) mass is 702 g/mol. The Balaban J connectivity index is 1.25. The van der Waals surface area contributed by atoms with Crippen molar-refractivity contribution < 1.29 is 24.2 Å². The molecule has 1 aromatic heterocycles. The Labute approximate surface area is 307 Å². The Morgan fingerprint density at radius 1 is 0.941 bits per heavy atom. The number of Topliss-reactive ketones (excluding diaryl/α,β-unsaturated/α-hetero) is 1. The fraction of sp³-hybridized carbons (Fsp3) is 0.773. The number of hydrogen-bond donors (Lipinski definition) is 2. The maximum absolute atomic E-state index is 14.0. The number of aliphatic carboxylic acids is 1. The second kappa shape index (κ2) is 13.1. The maximum Gasteiger partial charge on any atom is 0.309 e. The fourth-order valence-corrected chi connectivity index (χ4v) is 13.2. The zero-order valence-electron chi connectivity index (χ0n) is 33.3. The lowest BCUT2D eigenvalue weighted by Crippen LogP contribution is -2.65. The van der Waals surface area contributed by atoms with Gasteiger partial charge in [0.1, 0.15) is 6.10 Å². The Kier molecular flexibility index (Phi) is 9.80. The first-order chi connectivity index (χ1) is 23.7. The molecule has 5 aliphatic carbocycles. The molecule has 2 N–H and O–H groups in total. The highest BCUT2D eigenvalue weighted by atomic mass is 16.5. The molecule has 7 heteroatoms. The summed E-state index contributed by atoms with van der Waals surface area (Å²) in [6.45, 7) is 23.2. The molecule has 7 nitrogen and oxygen atoms in total. The maximum atomic E-state index is 14.0. The van der Waals surface area contributed by atoms with Gasteiger partial charge < -0.3 is 15.2 Å². The van der Waals surface area contributed by atoms with E-state index < -0.39 is 17.4 Å². The third kappa shape index (κ3) is 6.04. The molecule has 9 atom stereocenters. The molecule has 1 heterocycles. The zero-order valence-corrected chi connectivity index (χ0v) is 33.3. The molecule has 0 aliphatic heterocycles. The molecule has 1 aromatic rings. The van der Waals surface area contributed by atoms with Crippen LogP contribution in [0.1, 0.15) is 151 Å². The number of pyridine rings is 1. The van der Waals surface area contributed by atoms with Crippen molar-refractivity contribution in [1.82, 2.24) is 10.3 Å². The molecular formula is C44H66N2O5. The van der Waals surface area contributed by atoms with Crippen LogP contribution in [0.2, 0.25) is 0 Å². The van der Waals surface area contributed by atoms with E-state index in [9.17, 15) is 19.5 Å². The first-order valence-corrected chi connectivity index (χ1v) is 20.1. The van der Waals surface area contributed by atoms with E-state index in [-0.39, 0.29) is 51.6 Å². The van der Waals surface area contributed by atoms with Crippen LogP contribution in [-0.2, 0) is 19.1 Å². The van der Waals surface area contributed by atoms with Crippen molar-refractivity contribution in [1.29, 1.82) is 0 Å². The van der Waals surface area contributed by atoms with Crippen LogP contribution in [-0.4, -0.2) is 40.5 Å². The van der Waals surface area contributed by atoms with E-state index in [4.69, 9.17) is 4.74 Å². The summed E-state index contributed by atoms with van der Waals surface area (Å²) in [5, 5.41) is 13.4. The lowest BCUT2D eigenvalue weighted by atomic mass is 9.33. The van der Waals surface area contributed by atoms with Gasteiger partial charge in [-0.25, -0.2) is 0 Å². The minimum absolute atomic E-state index is 0.0464. The predicted molar refractivity (Wildman–Crippen MR) is 201 cm³/mol. The number of carbonyl (C=O) groups is 3. The topological polar surface area (TPSA) is 106 Å². The molecule has 51 heavy (non-hydrogen) atoms. The summed E-state index contributed by atoms with van der Waals surface area (Å²) in [4.78, 5) is 43.0. The van der Waals surface area contributed by atoms with Gasteiger partial charge in [-0.2, -0.15) is 0 Å². The second-order valence-corrected chi connectivity index (χ2v) is 19.9. The summed E-state index contributed by atoms with van der Waals surface area (Å²) in [5.74, 6) is 0.660. The minimum Gasteiger partial charge on any atom is -0.481 e. The zero-order chi connectivity index (χ0) is 37.4. The van der Waals surface area contributed by atoms with Crippen LogP contribution in [0.5, 0.6) is 0 Å². The largest absolute Gasteiger partial charge is 0.481 e. The number of nitrogens with zero attached hydrogens (tertiary/aromatic N) is 1. The average molecular weight is 703 g/mol. The standard InChI is InChI=1S/C44H66N2O5/c1-27(2)36-31(47)25-44(21-24-46-28(3)29-15-22-45-23-16-29)20-19-42(9)30(37(36)44)11-12-33-41(8)17-14-34(51-35(48)26-39(4,5)38(49)50)40(6,7)32(41)13-18-43(33,42)10/h15-16,22-23,27-28,30,32-34,46H,11-14,17-21,24-26H2,1-10H3,(H,49,50)/t28-,30+,32?,33?,34-,41-,42+,43+,44+/m0/s1. The Bertz CT molecular complexity index is 1560. The molecule has 0 aromatic carbocycles. The number of ether oxygens (including phenoxy) is 1. The summed E-state index contributed by atoms with van der Waals surface area (Å²) in [7, 11) is 0. The van der Waals surface area contributed by atoms with Crippen LogP contribution in [0.4, 0.5) is 0 Å². The summed E-state index contributed by atoms with van der Waals surface area (Å²) < 4.78 is 6.18. The molecule has 5 aliphatic rings. The summed E-state index contributed by atoms with van der Waals surface area (Å²) in [6, 6.07) is 4.40. The van der Waals surface area contributed by atoms with Crippen molar-refractivity contribution in [3.8, 4) is 0 Å². The summed E-state index contributed by atoms with van der Waals surface area (Å²) >= 11 is 0. The van der Waals surface area contributed by atoms with Crippen molar-refractivity contribution in [3.05, 3.63) is 41.2 Å². The number of carboxylic acids is 1. The van der Waals surface area contributed by atoms with Crippen LogP contribution in [0.15, 0.2) is 35.7 Å². The summed E-state index contributed by atoms with van der Waals surface area (Å²) in [6.07, 6.45) is 13.7. The van der Waals surface area contributed by atoms with E-state index in [1.807, 2.05) is 12.4 Å². The summed E-state index contributed by atoms with van der Waals surface area (Å²) in [5.41, 5.74) is 2.92. The number of aromatic nitrogens is 1. The van der Waals surface area contributed by atoms with Gasteiger partial charge in [0.05, 0.1) is 11.8 Å². The van der Waals surface area contributed by atoms with Crippen LogP contribution >= 0.6 is 0 Å². The molecule has 282 valence electrons. The molecule has 6 rings (SSSR count). The van der Waals surface area contributed by atoms with Crippen LogP contribution < -0.4 is 5.32 Å². The number of esters is 1. The highest BCUT2D eigenvalue weighted by molar-refractivity contribution is 6.00. The van der Waals surface area contributed by atoms with Gasteiger partial charge in [-0.15, -0.1) is 0 Å². The normalized spacial score (nSPS) is 38.0. The SMILES string of the molecule is CC(C)C1=C2[C@H]3CCC4[C@@]5(C)CC[C@H](OC(=O)CC(C)(C)C(=O)O)C(C)(C)C5CC[C@@]4(C)[C@]3(C)CC[C@@]2(CCN[C@@H](C)c2ccncc2)CC1=O. The van der Waals surface area contributed by atoms with Gasteiger partial charge in [0.2, 0.25) is 0 Å². The van der Waals surface area contributed by atoms with E-state index in [1.54, 1.807) is 19.4 Å². The predicted octanol–water partition coefficient (Wildman–Crippen LogP) is 9.52. The Morgan fingerprint density at radius 3 is 2.27 bits per heavy atom. The molecule has 0 radical (unpaired) electrons. The van der Waals surface area contributed by atoms with Crippen molar-refractivity contribution in [2.45, 2.75) is 152 Å². The van der Waals surface area contributed by atoms with Crippen LogP contribution in [0, 0.1) is 56.2 Å². The van der Waals surface area contributed by atoms with Crippen molar-refractivity contribution in [2.75, 3.05) is 6.54 Å². The van der Waals surface area contributed by atoms with Crippen LogP contribution in [0.3, 0.4) is 0 Å². The first-order valence-electron chi connectivity index (χ1n) is 20.1.